The van der Waals surface area contributed by atoms with Crippen LogP contribution in [0.25, 0.3) is 0 Å². The van der Waals surface area contributed by atoms with Crippen molar-refractivity contribution in [2.75, 3.05) is 19.8 Å². The Kier molecular flexibility index (Phi) is 4.74. The van der Waals surface area contributed by atoms with Crippen LogP contribution in [0.4, 0.5) is 0 Å². The van der Waals surface area contributed by atoms with Crippen LogP contribution >= 0.6 is 12.2 Å². The van der Waals surface area contributed by atoms with E-state index in [1.165, 1.54) is 4.31 Å². The Labute approximate surface area is 124 Å². The molecular weight excluding hydrogens is 296 g/mol. The minimum atomic E-state index is -3.33. The predicted molar refractivity (Wildman–Crippen MR) is 81.9 cm³/mol. The van der Waals surface area contributed by atoms with Crippen molar-refractivity contribution in [3.05, 3.63) is 35.4 Å². The van der Waals surface area contributed by atoms with Gasteiger partial charge in [0, 0.05) is 18.2 Å². The number of rotatable bonds is 4. The number of hydrogen-bond donors (Lipinski definition) is 1. The number of hydrogen-bond acceptors (Lipinski definition) is 4. The van der Waals surface area contributed by atoms with Crippen LogP contribution in [0, 0.1) is 0 Å². The van der Waals surface area contributed by atoms with Crippen LogP contribution in [-0.2, 0) is 20.5 Å². The van der Waals surface area contributed by atoms with Gasteiger partial charge in [-0.15, -0.1) is 0 Å². The van der Waals surface area contributed by atoms with Crippen molar-refractivity contribution in [2.24, 2.45) is 5.73 Å². The summed E-state index contributed by atoms with van der Waals surface area (Å²) < 4.78 is 31.6. The van der Waals surface area contributed by atoms with E-state index in [4.69, 9.17) is 22.7 Å². The van der Waals surface area contributed by atoms with Crippen LogP contribution in [-0.4, -0.2) is 43.5 Å². The third kappa shape index (κ3) is 3.54. The highest BCUT2D eigenvalue weighted by Gasteiger charge is 2.29. The fourth-order valence-electron chi connectivity index (χ4n) is 2.18. The molecular formula is C13H18N2O3S2. The summed E-state index contributed by atoms with van der Waals surface area (Å²) in [5.41, 5.74) is 6.98. The highest BCUT2D eigenvalue weighted by atomic mass is 32.2. The maximum Gasteiger partial charge on any atom is 0.218 e. The molecule has 0 bridgehead atoms. The first kappa shape index (κ1) is 15.4. The van der Waals surface area contributed by atoms with Crippen molar-refractivity contribution in [1.82, 2.24) is 4.31 Å². The van der Waals surface area contributed by atoms with Gasteiger partial charge >= 0.3 is 0 Å². The fraction of sp³-hybridized carbons (Fsp3) is 0.462. The highest BCUT2D eigenvalue weighted by molar-refractivity contribution is 7.88. The molecule has 1 aliphatic rings. The van der Waals surface area contributed by atoms with Gasteiger partial charge in [-0.1, -0.05) is 36.5 Å². The van der Waals surface area contributed by atoms with E-state index in [1.807, 2.05) is 6.92 Å². The summed E-state index contributed by atoms with van der Waals surface area (Å²) >= 11 is 4.87. The van der Waals surface area contributed by atoms with E-state index in [0.29, 0.717) is 24.7 Å². The topological polar surface area (TPSA) is 72.6 Å². The standard InChI is InChI=1S/C13H18N2O3S2/c1-10-8-18-7-6-15(10)20(16,17)9-11-2-4-12(5-3-11)13(14)19/h2-5,10H,6-9H2,1H3,(H2,14,19). The molecule has 110 valence electrons. The van der Waals surface area contributed by atoms with E-state index < -0.39 is 10.0 Å². The molecule has 1 heterocycles. The largest absolute Gasteiger partial charge is 0.389 e. The lowest BCUT2D eigenvalue weighted by atomic mass is 10.1. The van der Waals surface area contributed by atoms with Crippen LogP contribution < -0.4 is 5.73 Å². The molecule has 1 aromatic carbocycles. The Morgan fingerprint density at radius 1 is 1.45 bits per heavy atom. The number of sulfonamides is 1. The summed E-state index contributed by atoms with van der Waals surface area (Å²) in [6.45, 7) is 3.16. The summed E-state index contributed by atoms with van der Waals surface area (Å²) in [7, 11) is -3.33. The maximum atomic E-state index is 12.4. The van der Waals surface area contributed by atoms with E-state index in [1.54, 1.807) is 24.3 Å². The maximum absolute atomic E-state index is 12.4. The van der Waals surface area contributed by atoms with Crippen LogP contribution in [0.5, 0.6) is 0 Å². The number of ether oxygens (including phenoxy) is 1. The Morgan fingerprint density at radius 3 is 2.65 bits per heavy atom. The van der Waals surface area contributed by atoms with E-state index in [9.17, 15) is 8.42 Å². The molecule has 1 unspecified atom stereocenters. The molecule has 0 amide bonds. The lowest BCUT2D eigenvalue weighted by Gasteiger charge is -2.32. The molecule has 1 aliphatic heterocycles. The van der Waals surface area contributed by atoms with Gasteiger partial charge in [0.25, 0.3) is 0 Å². The van der Waals surface area contributed by atoms with Gasteiger partial charge in [-0.05, 0) is 12.5 Å². The van der Waals surface area contributed by atoms with Crippen LogP contribution in [0.15, 0.2) is 24.3 Å². The smallest absolute Gasteiger partial charge is 0.218 e. The number of morpholine rings is 1. The predicted octanol–water partition coefficient (Wildman–Crippen LogP) is 0.871. The van der Waals surface area contributed by atoms with Crippen LogP contribution in [0.2, 0.25) is 0 Å². The summed E-state index contributed by atoms with van der Waals surface area (Å²) in [5.74, 6) is -0.0189. The first-order valence-corrected chi connectivity index (χ1v) is 8.38. The second-order valence-corrected chi connectivity index (χ2v) is 7.21. The molecule has 1 aromatic rings. The molecule has 0 aromatic heterocycles. The van der Waals surface area contributed by atoms with Crippen molar-refractivity contribution >= 4 is 27.2 Å². The summed E-state index contributed by atoms with van der Waals surface area (Å²) in [5, 5.41) is 0. The summed E-state index contributed by atoms with van der Waals surface area (Å²) in [6.07, 6.45) is 0. The monoisotopic (exact) mass is 314 g/mol. The van der Waals surface area contributed by atoms with Crippen molar-refractivity contribution < 1.29 is 13.2 Å². The first-order valence-electron chi connectivity index (χ1n) is 6.36. The van der Waals surface area contributed by atoms with Gasteiger partial charge in [0.1, 0.15) is 4.99 Å². The molecule has 1 saturated heterocycles. The lowest BCUT2D eigenvalue weighted by Crippen LogP contribution is -2.47. The third-order valence-electron chi connectivity index (χ3n) is 3.25. The van der Waals surface area contributed by atoms with Crippen molar-refractivity contribution in [1.29, 1.82) is 0 Å². The van der Waals surface area contributed by atoms with Gasteiger partial charge < -0.3 is 10.5 Å². The van der Waals surface area contributed by atoms with Gasteiger partial charge in [-0.25, -0.2) is 8.42 Å². The molecule has 0 spiro atoms. The lowest BCUT2D eigenvalue weighted by molar-refractivity contribution is 0.0392. The summed E-state index contributed by atoms with van der Waals surface area (Å²) in [6, 6.07) is 6.87. The zero-order valence-corrected chi connectivity index (χ0v) is 12.9. The fourth-order valence-corrected chi connectivity index (χ4v) is 4.06. The van der Waals surface area contributed by atoms with Crippen molar-refractivity contribution in [2.45, 2.75) is 18.7 Å². The van der Waals surface area contributed by atoms with Crippen LogP contribution in [0.3, 0.4) is 0 Å². The second-order valence-electron chi connectivity index (χ2n) is 4.85. The van der Waals surface area contributed by atoms with Gasteiger partial charge in [-0.2, -0.15) is 4.31 Å². The average Bonchev–Trinajstić information content (AvgIpc) is 2.39. The molecule has 2 rings (SSSR count). The van der Waals surface area contributed by atoms with Gasteiger partial charge in [0.15, 0.2) is 0 Å². The number of nitrogens with zero attached hydrogens (tertiary/aromatic N) is 1. The summed E-state index contributed by atoms with van der Waals surface area (Å²) in [4.78, 5) is 0.307. The second kappa shape index (κ2) is 6.17. The van der Waals surface area contributed by atoms with E-state index in [0.717, 1.165) is 11.1 Å². The molecule has 0 saturated carbocycles. The van der Waals surface area contributed by atoms with Crippen LogP contribution in [0.1, 0.15) is 18.1 Å². The molecule has 0 aliphatic carbocycles. The Balaban J connectivity index is 2.13. The number of benzene rings is 1. The molecule has 7 heteroatoms. The normalized spacial score (nSPS) is 20.8. The molecule has 1 atom stereocenters. The van der Waals surface area contributed by atoms with Gasteiger partial charge in [0.05, 0.1) is 19.0 Å². The van der Waals surface area contributed by atoms with E-state index in [-0.39, 0.29) is 11.8 Å². The zero-order chi connectivity index (χ0) is 14.8. The number of thiocarbonyl (C=S) groups is 1. The van der Waals surface area contributed by atoms with Gasteiger partial charge in [-0.3, -0.25) is 0 Å². The average molecular weight is 314 g/mol. The highest BCUT2D eigenvalue weighted by Crippen LogP contribution is 2.17. The van der Waals surface area contributed by atoms with Crippen molar-refractivity contribution in [3.63, 3.8) is 0 Å². The number of nitrogens with two attached hydrogens (primary N) is 1. The quantitative estimate of drug-likeness (QED) is 0.835. The Hall–Kier alpha value is -1.02. The SMILES string of the molecule is CC1COCCN1S(=O)(=O)Cc1ccc(C(N)=S)cc1. The Morgan fingerprint density at radius 2 is 2.10 bits per heavy atom. The van der Waals surface area contributed by atoms with Gasteiger partial charge in [0.2, 0.25) is 10.0 Å². The van der Waals surface area contributed by atoms with E-state index in [2.05, 4.69) is 0 Å². The minimum Gasteiger partial charge on any atom is -0.389 e. The molecule has 2 N–H and O–H groups in total. The molecule has 5 nitrogen and oxygen atoms in total. The molecule has 0 radical (unpaired) electrons. The van der Waals surface area contributed by atoms with E-state index >= 15 is 0 Å². The first-order chi connectivity index (χ1) is 9.40. The molecule has 20 heavy (non-hydrogen) atoms. The van der Waals surface area contributed by atoms with Crippen molar-refractivity contribution in [3.8, 4) is 0 Å². The Bertz CT molecular complexity index is 584. The molecule has 1 fully saturated rings. The third-order valence-corrected chi connectivity index (χ3v) is 5.44. The minimum absolute atomic E-state index is 0.0189. The zero-order valence-electron chi connectivity index (χ0n) is 11.3.